The third-order valence-corrected chi connectivity index (χ3v) is 5.37. The normalized spacial score (nSPS) is 10.9. The molecule has 0 spiro atoms. The maximum absolute atomic E-state index is 12.9. The van der Waals surface area contributed by atoms with Gasteiger partial charge in [0.05, 0.1) is 24.1 Å². The van der Waals surface area contributed by atoms with Crippen LogP contribution < -0.4 is 14.2 Å². The third-order valence-electron chi connectivity index (χ3n) is 4.01. The van der Waals surface area contributed by atoms with Crippen molar-refractivity contribution in [3.63, 3.8) is 0 Å². The molecule has 0 aliphatic carbocycles. The minimum atomic E-state index is -3.99. The predicted octanol–water partition coefficient (Wildman–Crippen LogP) is 3.92. The predicted molar refractivity (Wildman–Crippen MR) is 108 cm³/mol. The van der Waals surface area contributed by atoms with Crippen molar-refractivity contribution in [3.8, 4) is 17.2 Å². The van der Waals surface area contributed by atoms with Crippen LogP contribution in [0.3, 0.4) is 0 Å². The van der Waals surface area contributed by atoms with E-state index < -0.39 is 16.0 Å². The van der Waals surface area contributed by atoms with E-state index in [1.807, 2.05) is 18.2 Å². The number of carboxylic acid groups (broad SMARTS) is 1. The highest BCUT2D eigenvalue weighted by atomic mass is 32.2. The molecule has 0 unspecified atom stereocenters. The summed E-state index contributed by atoms with van der Waals surface area (Å²) in [7, 11) is -2.60. The first-order chi connectivity index (χ1) is 13.9. The summed E-state index contributed by atoms with van der Waals surface area (Å²) in [4.78, 5) is 11.0. The van der Waals surface area contributed by atoms with Crippen molar-refractivity contribution in [2.45, 2.75) is 11.3 Å². The number of aliphatic carboxylic acids is 1. The van der Waals surface area contributed by atoms with Gasteiger partial charge in [-0.05, 0) is 42.5 Å². The molecule has 0 aliphatic heterocycles. The Labute approximate surface area is 168 Å². The summed E-state index contributed by atoms with van der Waals surface area (Å²) in [6.45, 7) is 0. The molecule has 0 atom stereocenters. The van der Waals surface area contributed by atoms with E-state index in [1.165, 1.54) is 25.3 Å². The zero-order chi connectivity index (χ0) is 20.9. The number of carbonyl (C=O) groups is 1. The van der Waals surface area contributed by atoms with Crippen LogP contribution in [0.1, 0.15) is 5.56 Å². The van der Waals surface area contributed by atoms with Gasteiger partial charge < -0.3 is 14.6 Å². The summed E-state index contributed by atoms with van der Waals surface area (Å²) >= 11 is 0. The average Bonchev–Trinajstić information content (AvgIpc) is 2.69. The Morgan fingerprint density at radius 1 is 0.966 bits per heavy atom. The molecule has 3 rings (SSSR count). The van der Waals surface area contributed by atoms with E-state index in [0.717, 1.165) is 0 Å². The molecule has 0 aromatic heterocycles. The van der Waals surface area contributed by atoms with Crippen molar-refractivity contribution in [3.05, 3.63) is 78.4 Å². The summed E-state index contributed by atoms with van der Waals surface area (Å²) in [6, 6.07) is 19.7. The molecular formula is C21H19NO6S. The quantitative estimate of drug-likeness (QED) is 0.580. The molecule has 8 heteroatoms. The molecule has 150 valence electrons. The molecule has 0 bridgehead atoms. The number of rotatable bonds is 8. The van der Waals surface area contributed by atoms with Gasteiger partial charge in [0.1, 0.15) is 11.5 Å². The van der Waals surface area contributed by atoms with Gasteiger partial charge in [-0.1, -0.05) is 30.3 Å². The van der Waals surface area contributed by atoms with Crippen LogP contribution in [0.15, 0.2) is 77.7 Å². The van der Waals surface area contributed by atoms with E-state index in [-0.39, 0.29) is 22.6 Å². The maximum Gasteiger partial charge on any atom is 0.307 e. The van der Waals surface area contributed by atoms with Crippen molar-refractivity contribution >= 4 is 21.7 Å². The Morgan fingerprint density at radius 2 is 1.66 bits per heavy atom. The van der Waals surface area contributed by atoms with Crippen molar-refractivity contribution < 1.29 is 27.8 Å². The number of carboxylic acids is 1. The Morgan fingerprint density at radius 3 is 2.34 bits per heavy atom. The first-order valence-corrected chi connectivity index (χ1v) is 10.1. The molecule has 29 heavy (non-hydrogen) atoms. The topological polar surface area (TPSA) is 102 Å². The van der Waals surface area contributed by atoms with Crippen molar-refractivity contribution in [1.82, 2.24) is 0 Å². The van der Waals surface area contributed by atoms with Crippen molar-refractivity contribution in [2.24, 2.45) is 0 Å². The fourth-order valence-electron chi connectivity index (χ4n) is 2.68. The lowest BCUT2D eigenvalue weighted by atomic mass is 10.1. The van der Waals surface area contributed by atoms with E-state index in [4.69, 9.17) is 14.6 Å². The van der Waals surface area contributed by atoms with E-state index in [0.29, 0.717) is 17.2 Å². The SMILES string of the molecule is COc1ccc(S(=O)(=O)Nc2ccccc2Oc2ccccc2)cc1CC(=O)O. The summed E-state index contributed by atoms with van der Waals surface area (Å²) in [5.74, 6) is 0.112. The van der Waals surface area contributed by atoms with Gasteiger partial charge in [0.15, 0.2) is 5.75 Å². The van der Waals surface area contributed by atoms with Gasteiger partial charge in [-0.2, -0.15) is 0 Å². The second-order valence-corrected chi connectivity index (χ2v) is 7.74. The Bertz CT molecular complexity index is 1110. The molecule has 0 saturated heterocycles. The molecular weight excluding hydrogens is 394 g/mol. The highest BCUT2D eigenvalue weighted by Crippen LogP contribution is 2.31. The summed E-state index contributed by atoms with van der Waals surface area (Å²) < 4.78 is 39.2. The fourth-order valence-corrected chi connectivity index (χ4v) is 3.80. The number of ether oxygens (including phenoxy) is 2. The van der Waals surface area contributed by atoms with Gasteiger partial charge in [-0.3, -0.25) is 9.52 Å². The molecule has 3 aromatic carbocycles. The number of anilines is 1. The number of methoxy groups -OCH3 is 1. The third kappa shape index (κ3) is 5.05. The molecule has 0 saturated carbocycles. The van der Waals surface area contributed by atoms with Crippen LogP contribution in [0.4, 0.5) is 5.69 Å². The second kappa shape index (κ2) is 8.66. The molecule has 0 heterocycles. The van der Waals surface area contributed by atoms with Crippen LogP contribution >= 0.6 is 0 Å². The first-order valence-electron chi connectivity index (χ1n) is 8.62. The zero-order valence-electron chi connectivity index (χ0n) is 15.5. The highest BCUT2D eigenvalue weighted by Gasteiger charge is 2.19. The zero-order valence-corrected chi connectivity index (χ0v) is 16.3. The number of hydrogen-bond donors (Lipinski definition) is 2. The molecule has 0 radical (unpaired) electrons. The van der Waals surface area contributed by atoms with Gasteiger partial charge in [0.25, 0.3) is 10.0 Å². The molecule has 0 amide bonds. The van der Waals surface area contributed by atoms with Gasteiger partial charge in [0.2, 0.25) is 0 Å². The number of nitrogens with one attached hydrogen (secondary N) is 1. The lowest BCUT2D eigenvalue weighted by Gasteiger charge is -2.14. The van der Waals surface area contributed by atoms with Gasteiger partial charge >= 0.3 is 5.97 Å². The molecule has 0 aliphatic rings. The monoisotopic (exact) mass is 413 g/mol. The Hall–Kier alpha value is -3.52. The maximum atomic E-state index is 12.9. The van der Waals surface area contributed by atoms with Crippen molar-refractivity contribution in [2.75, 3.05) is 11.8 Å². The molecule has 3 aromatic rings. The number of benzene rings is 3. The summed E-state index contributed by atoms with van der Waals surface area (Å²) in [5.41, 5.74) is 0.517. The summed E-state index contributed by atoms with van der Waals surface area (Å²) in [5, 5.41) is 9.06. The highest BCUT2D eigenvalue weighted by molar-refractivity contribution is 7.92. The Balaban J connectivity index is 1.91. The number of para-hydroxylation sites is 3. The van der Waals surface area contributed by atoms with Gasteiger partial charge in [-0.15, -0.1) is 0 Å². The second-order valence-electron chi connectivity index (χ2n) is 6.06. The molecule has 2 N–H and O–H groups in total. The number of sulfonamides is 1. The minimum Gasteiger partial charge on any atom is -0.496 e. The van der Waals surface area contributed by atoms with E-state index in [2.05, 4.69) is 4.72 Å². The fraction of sp³-hybridized carbons (Fsp3) is 0.0952. The summed E-state index contributed by atoms with van der Waals surface area (Å²) in [6.07, 6.45) is -0.361. The van der Waals surface area contributed by atoms with Crippen LogP contribution in [0.2, 0.25) is 0 Å². The van der Waals surface area contributed by atoms with Crippen LogP contribution in [-0.2, 0) is 21.2 Å². The van der Waals surface area contributed by atoms with Crippen LogP contribution in [0.25, 0.3) is 0 Å². The lowest BCUT2D eigenvalue weighted by molar-refractivity contribution is -0.136. The minimum absolute atomic E-state index is 0.0796. The van der Waals surface area contributed by atoms with E-state index in [1.54, 1.807) is 36.4 Å². The standard InChI is InChI=1S/C21H19NO6S/c1-27-19-12-11-17(13-15(19)14-21(23)24)29(25,26)22-18-9-5-6-10-20(18)28-16-7-3-2-4-8-16/h2-13,22H,14H2,1H3,(H,23,24). The lowest BCUT2D eigenvalue weighted by Crippen LogP contribution is -2.14. The van der Waals surface area contributed by atoms with E-state index in [9.17, 15) is 13.2 Å². The van der Waals surface area contributed by atoms with Gasteiger partial charge in [0, 0.05) is 5.56 Å². The largest absolute Gasteiger partial charge is 0.496 e. The average molecular weight is 413 g/mol. The van der Waals surface area contributed by atoms with E-state index >= 15 is 0 Å². The van der Waals surface area contributed by atoms with Gasteiger partial charge in [-0.25, -0.2) is 8.42 Å². The van der Waals surface area contributed by atoms with Crippen LogP contribution in [0.5, 0.6) is 17.2 Å². The first kappa shape index (κ1) is 20.2. The molecule has 7 nitrogen and oxygen atoms in total. The smallest absolute Gasteiger partial charge is 0.307 e. The molecule has 0 fully saturated rings. The van der Waals surface area contributed by atoms with Crippen molar-refractivity contribution in [1.29, 1.82) is 0 Å². The Kier molecular flexibility index (Phi) is 6.04. The van der Waals surface area contributed by atoms with Crippen LogP contribution in [0, 0.1) is 0 Å². The number of hydrogen-bond acceptors (Lipinski definition) is 5. The van der Waals surface area contributed by atoms with Crippen LogP contribution in [-0.4, -0.2) is 26.6 Å².